The van der Waals surface area contributed by atoms with Crippen molar-refractivity contribution in [3.63, 3.8) is 0 Å². The van der Waals surface area contributed by atoms with Gasteiger partial charge in [0.2, 0.25) is 0 Å². The van der Waals surface area contributed by atoms with Gasteiger partial charge in [0, 0.05) is 11.9 Å². The fraction of sp³-hybridized carbons (Fsp3) is 0.263. The average molecular weight is 391 g/mol. The highest BCUT2D eigenvalue weighted by Gasteiger charge is 2.12. The van der Waals surface area contributed by atoms with E-state index in [1.165, 1.54) is 12.1 Å². The molecule has 0 saturated heterocycles. The first kappa shape index (κ1) is 20.4. The molecule has 0 heterocycles. The van der Waals surface area contributed by atoms with Crippen LogP contribution in [-0.2, 0) is 25.1 Å². The summed E-state index contributed by atoms with van der Waals surface area (Å²) in [4.78, 5) is 24.0. The molecule has 0 radical (unpaired) electrons. The van der Waals surface area contributed by atoms with Gasteiger partial charge in [-0.1, -0.05) is 12.1 Å². The van der Waals surface area contributed by atoms with E-state index in [1.54, 1.807) is 36.4 Å². The maximum Gasteiger partial charge on any atom is 0.338 e. The highest BCUT2D eigenvalue weighted by Crippen LogP contribution is 2.15. The van der Waals surface area contributed by atoms with E-state index >= 15 is 0 Å². The molecule has 2 aromatic carbocycles. The lowest BCUT2D eigenvalue weighted by atomic mass is 10.1. The summed E-state index contributed by atoms with van der Waals surface area (Å²) in [5.74, 6) is -0.672. The fourth-order valence-corrected chi connectivity index (χ4v) is 3.09. The summed E-state index contributed by atoms with van der Waals surface area (Å²) in [6.45, 7) is 1.97. The van der Waals surface area contributed by atoms with Gasteiger partial charge in [-0.3, -0.25) is 4.79 Å². The van der Waals surface area contributed by atoms with Crippen LogP contribution in [0.5, 0.6) is 5.75 Å². The molecule has 144 valence electrons. The van der Waals surface area contributed by atoms with Crippen molar-refractivity contribution in [3.8, 4) is 5.75 Å². The van der Waals surface area contributed by atoms with Crippen molar-refractivity contribution in [2.75, 3.05) is 24.8 Å². The summed E-state index contributed by atoms with van der Waals surface area (Å²) in [5, 5.41) is 2.61. The van der Waals surface area contributed by atoms with E-state index in [1.807, 2.05) is 6.92 Å². The molecule has 0 aliphatic heterocycles. The second-order valence-corrected chi connectivity index (χ2v) is 7.99. The number of esters is 1. The minimum absolute atomic E-state index is 0.174. The zero-order valence-electron chi connectivity index (χ0n) is 15.1. The van der Waals surface area contributed by atoms with E-state index in [9.17, 15) is 18.0 Å². The molecule has 0 saturated carbocycles. The van der Waals surface area contributed by atoms with Gasteiger partial charge >= 0.3 is 5.97 Å². The van der Waals surface area contributed by atoms with Gasteiger partial charge in [-0.2, -0.15) is 0 Å². The van der Waals surface area contributed by atoms with Gasteiger partial charge in [-0.25, -0.2) is 13.2 Å². The van der Waals surface area contributed by atoms with Crippen molar-refractivity contribution in [2.45, 2.75) is 12.7 Å². The first-order valence-corrected chi connectivity index (χ1v) is 10.3. The van der Waals surface area contributed by atoms with Gasteiger partial charge in [-0.05, 0) is 48.9 Å². The Morgan fingerprint density at radius 2 is 1.78 bits per heavy atom. The molecule has 0 unspecified atom stereocenters. The summed E-state index contributed by atoms with van der Waals surface area (Å²) < 4.78 is 33.0. The van der Waals surface area contributed by atoms with Crippen molar-refractivity contribution in [3.05, 3.63) is 59.7 Å². The van der Waals surface area contributed by atoms with E-state index in [4.69, 9.17) is 9.47 Å². The van der Waals surface area contributed by atoms with Crippen molar-refractivity contribution >= 4 is 27.4 Å². The molecule has 0 atom stereocenters. The number of amides is 1. The molecule has 0 aliphatic rings. The maximum absolute atomic E-state index is 12.1. The van der Waals surface area contributed by atoms with Crippen molar-refractivity contribution in [1.82, 2.24) is 0 Å². The molecule has 2 rings (SSSR count). The summed E-state index contributed by atoms with van der Waals surface area (Å²) in [5.41, 5.74) is 1.21. The fourth-order valence-electron chi connectivity index (χ4n) is 2.30. The number of carbonyl (C=O) groups excluding carboxylic acids is 2. The highest BCUT2D eigenvalue weighted by atomic mass is 32.2. The van der Waals surface area contributed by atoms with Gasteiger partial charge in [0.15, 0.2) is 16.4 Å². The molecule has 0 spiro atoms. The Bertz CT molecular complexity index is 906. The Morgan fingerprint density at radius 1 is 1.07 bits per heavy atom. The number of hydrogen-bond acceptors (Lipinski definition) is 6. The number of sulfone groups is 1. The lowest BCUT2D eigenvalue weighted by molar-refractivity contribution is -0.119. The molecule has 0 aliphatic carbocycles. The number of benzene rings is 2. The Morgan fingerprint density at radius 3 is 2.41 bits per heavy atom. The van der Waals surface area contributed by atoms with E-state index in [-0.39, 0.29) is 11.3 Å². The quantitative estimate of drug-likeness (QED) is 0.694. The Kier molecular flexibility index (Phi) is 6.95. The van der Waals surface area contributed by atoms with Crippen LogP contribution in [0.25, 0.3) is 0 Å². The van der Waals surface area contributed by atoms with Crippen molar-refractivity contribution in [1.29, 1.82) is 0 Å². The van der Waals surface area contributed by atoms with Gasteiger partial charge in [0.05, 0.1) is 17.9 Å². The zero-order chi connectivity index (χ0) is 19.9. The number of hydrogen-bond donors (Lipinski definition) is 1. The molecule has 0 fully saturated rings. The van der Waals surface area contributed by atoms with Gasteiger partial charge in [-0.15, -0.1) is 0 Å². The predicted octanol–water partition coefficient (Wildman–Crippen LogP) is 2.43. The van der Waals surface area contributed by atoms with Crippen LogP contribution in [0.3, 0.4) is 0 Å². The maximum atomic E-state index is 12.1. The molecular formula is C19H21NO6S. The van der Waals surface area contributed by atoms with Crippen molar-refractivity contribution in [2.24, 2.45) is 0 Å². The summed E-state index contributed by atoms with van der Waals surface area (Å²) in [7, 11) is -3.21. The first-order valence-electron chi connectivity index (χ1n) is 8.23. The van der Waals surface area contributed by atoms with Crippen LogP contribution in [-0.4, -0.2) is 39.8 Å². The smallest absolute Gasteiger partial charge is 0.338 e. The molecule has 0 aromatic heterocycles. The minimum Gasteiger partial charge on any atom is -0.494 e. The number of ether oxygens (including phenoxy) is 2. The van der Waals surface area contributed by atoms with E-state index < -0.39 is 28.3 Å². The molecule has 7 nitrogen and oxygen atoms in total. The highest BCUT2D eigenvalue weighted by molar-refractivity contribution is 7.89. The molecule has 2 aromatic rings. The van der Waals surface area contributed by atoms with Crippen LogP contribution in [0.15, 0.2) is 48.5 Å². The number of nitrogens with one attached hydrogen (secondary N) is 1. The van der Waals surface area contributed by atoms with E-state index in [2.05, 4.69) is 5.32 Å². The second-order valence-electron chi connectivity index (χ2n) is 5.85. The normalized spacial score (nSPS) is 10.9. The van der Waals surface area contributed by atoms with Crippen LogP contribution in [0.2, 0.25) is 0 Å². The molecule has 1 N–H and O–H groups in total. The Hall–Kier alpha value is -2.87. The number of rotatable bonds is 8. The van der Waals surface area contributed by atoms with E-state index in [0.29, 0.717) is 23.6 Å². The molecular weight excluding hydrogens is 370 g/mol. The largest absolute Gasteiger partial charge is 0.494 e. The third kappa shape index (κ3) is 7.10. The topological polar surface area (TPSA) is 98.8 Å². The molecule has 1 amide bonds. The van der Waals surface area contributed by atoms with Gasteiger partial charge in [0.1, 0.15) is 5.75 Å². The predicted molar refractivity (Wildman–Crippen MR) is 102 cm³/mol. The lowest BCUT2D eigenvalue weighted by Crippen LogP contribution is -2.21. The monoisotopic (exact) mass is 391 g/mol. The number of carbonyl (C=O) groups is 2. The SMILES string of the molecule is CCOc1ccc(NC(=O)COC(=O)c2cccc(CS(C)(=O)=O)c2)cc1. The minimum atomic E-state index is -3.21. The second kappa shape index (κ2) is 9.18. The van der Waals surface area contributed by atoms with Crippen LogP contribution >= 0.6 is 0 Å². The Labute approximate surface area is 158 Å². The number of anilines is 1. The van der Waals surface area contributed by atoms with Gasteiger partial charge < -0.3 is 14.8 Å². The average Bonchev–Trinajstić information content (AvgIpc) is 2.60. The first-order chi connectivity index (χ1) is 12.8. The zero-order valence-corrected chi connectivity index (χ0v) is 15.9. The summed E-state index contributed by atoms with van der Waals surface area (Å²) in [6, 6.07) is 12.9. The summed E-state index contributed by atoms with van der Waals surface area (Å²) in [6.07, 6.45) is 1.11. The van der Waals surface area contributed by atoms with Crippen molar-refractivity contribution < 1.29 is 27.5 Å². The van der Waals surface area contributed by atoms with Crippen LogP contribution in [0.1, 0.15) is 22.8 Å². The van der Waals surface area contributed by atoms with Crippen LogP contribution in [0, 0.1) is 0 Å². The summed E-state index contributed by atoms with van der Waals surface area (Å²) >= 11 is 0. The van der Waals surface area contributed by atoms with Crippen LogP contribution in [0.4, 0.5) is 5.69 Å². The molecule has 0 bridgehead atoms. The van der Waals surface area contributed by atoms with E-state index in [0.717, 1.165) is 6.26 Å². The molecule has 27 heavy (non-hydrogen) atoms. The molecule has 8 heteroatoms. The third-order valence-electron chi connectivity index (χ3n) is 3.37. The van der Waals surface area contributed by atoms with Gasteiger partial charge in [0.25, 0.3) is 5.91 Å². The lowest BCUT2D eigenvalue weighted by Gasteiger charge is -2.08. The standard InChI is InChI=1S/C19H21NO6S/c1-3-25-17-9-7-16(8-10-17)20-18(21)12-26-19(22)15-6-4-5-14(11-15)13-27(2,23)24/h4-11H,3,12-13H2,1-2H3,(H,20,21). The Balaban J connectivity index is 1.89. The van der Waals surface area contributed by atoms with Crippen LogP contribution < -0.4 is 10.1 Å². The third-order valence-corrected chi connectivity index (χ3v) is 4.23.